The van der Waals surface area contributed by atoms with Crippen LogP contribution in [-0.4, -0.2) is 16.1 Å². The van der Waals surface area contributed by atoms with Crippen LogP contribution in [0.25, 0.3) is 17.1 Å². The maximum atomic E-state index is 11.2. The number of hydrogen-bond acceptors (Lipinski definition) is 3. The molecule has 2 aromatic heterocycles. The average Bonchev–Trinajstić information content (AvgIpc) is 3.04. The number of carbonyl (C=O) groups is 1. The van der Waals surface area contributed by atoms with E-state index in [1.54, 1.807) is 23.0 Å². The smallest absolute Gasteiger partial charge is 0.169 e. The molecule has 0 aliphatic rings. The number of nitrogens with zero attached hydrogens (tertiary/aromatic N) is 2. The number of aromatic nitrogens is 2. The van der Waals surface area contributed by atoms with E-state index in [1.165, 1.54) is 0 Å². The summed E-state index contributed by atoms with van der Waals surface area (Å²) < 4.78 is 8.65. The third-order valence-corrected chi connectivity index (χ3v) is 3.67. The third kappa shape index (κ3) is 2.48. The van der Waals surface area contributed by atoms with Gasteiger partial charge in [0.15, 0.2) is 16.7 Å². The Balaban J connectivity index is 2.11. The largest absolute Gasteiger partial charge is 0.448 e. The summed E-state index contributed by atoms with van der Waals surface area (Å²) in [4.78, 5) is 11.2. The average molecular weight is 396 g/mol. The molecule has 20 heavy (non-hydrogen) atoms. The highest BCUT2D eigenvalue weighted by Gasteiger charge is 2.14. The highest BCUT2D eigenvalue weighted by Crippen LogP contribution is 2.27. The Morgan fingerprint density at radius 2 is 2.05 bits per heavy atom. The topological polar surface area (TPSA) is 48.0 Å². The minimum atomic E-state index is 0.479. The fourth-order valence-corrected chi connectivity index (χ4v) is 2.55. The van der Waals surface area contributed by atoms with Crippen molar-refractivity contribution in [2.24, 2.45) is 0 Å². The second-order valence-electron chi connectivity index (χ2n) is 4.08. The molecule has 0 fully saturated rings. The molecule has 0 saturated heterocycles. The van der Waals surface area contributed by atoms with Gasteiger partial charge in [-0.3, -0.25) is 4.79 Å². The molecule has 0 atom stereocenters. The van der Waals surface area contributed by atoms with Crippen LogP contribution in [0.1, 0.15) is 10.4 Å². The molecule has 2 heterocycles. The standard InChI is InChI=1S/C14H8Br2N2O2/c15-10-2-1-3-11(6-10)18-7-9(8-19)14(17-18)12-4-5-13(16)20-12/h1-8H. The second-order valence-corrected chi connectivity index (χ2v) is 5.78. The number of furan rings is 1. The molecule has 0 aliphatic carbocycles. The summed E-state index contributed by atoms with van der Waals surface area (Å²) >= 11 is 6.66. The van der Waals surface area contributed by atoms with Gasteiger partial charge < -0.3 is 4.42 Å². The molecule has 0 unspecified atom stereocenters. The summed E-state index contributed by atoms with van der Waals surface area (Å²) in [7, 11) is 0. The van der Waals surface area contributed by atoms with Gasteiger partial charge in [0.25, 0.3) is 0 Å². The molecule has 0 bridgehead atoms. The van der Waals surface area contributed by atoms with Crippen LogP contribution in [0.5, 0.6) is 0 Å². The molecule has 6 heteroatoms. The van der Waals surface area contributed by atoms with Crippen molar-refractivity contribution in [1.29, 1.82) is 0 Å². The predicted molar refractivity (Wildman–Crippen MR) is 82.1 cm³/mol. The van der Waals surface area contributed by atoms with E-state index < -0.39 is 0 Å². The van der Waals surface area contributed by atoms with Crippen LogP contribution in [0.15, 0.2) is 56.2 Å². The van der Waals surface area contributed by atoms with E-state index in [4.69, 9.17) is 4.42 Å². The summed E-state index contributed by atoms with van der Waals surface area (Å²) in [6.07, 6.45) is 2.45. The molecule has 0 saturated carbocycles. The summed E-state index contributed by atoms with van der Waals surface area (Å²) in [6.45, 7) is 0. The van der Waals surface area contributed by atoms with E-state index in [9.17, 15) is 4.79 Å². The van der Waals surface area contributed by atoms with Crippen LogP contribution >= 0.6 is 31.9 Å². The lowest BCUT2D eigenvalue weighted by Crippen LogP contribution is -1.94. The number of benzene rings is 1. The van der Waals surface area contributed by atoms with Gasteiger partial charge in [0.1, 0.15) is 5.69 Å². The van der Waals surface area contributed by atoms with E-state index in [2.05, 4.69) is 37.0 Å². The van der Waals surface area contributed by atoms with Gasteiger partial charge in [-0.05, 0) is 46.3 Å². The van der Waals surface area contributed by atoms with E-state index >= 15 is 0 Å². The molecular formula is C14H8Br2N2O2. The zero-order valence-corrected chi connectivity index (χ0v) is 13.3. The molecule has 0 amide bonds. The summed E-state index contributed by atoms with van der Waals surface area (Å²) in [5, 5.41) is 4.43. The number of halogens is 2. The maximum Gasteiger partial charge on any atom is 0.169 e. The van der Waals surface area contributed by atoms with Gasteiger partial charge in [-0.15, -0.1) is 0 Å². The van der Waals surface area contributed by atoms with Crippen molar-refractivity contribution in [3.63, 3.8) is 0 Å². The van der Waals surface area contributed by atoms with Gasteiger partial charge in [-0.25, -0.2) is 4.68 Å². The molecule has 0 N–H and O–H groups in total. The van der Waals surface area contributed by atoms with Crippen molar-refractivity contribution in [2.45, 2.75) is 0 Å². The van der Waals surface area contributed by atoms with Crippen molar-refractivity contribution in [3.05, 3.63) is 57.3 Å². The predicted octanol–water partition coefficient (Wildman–Crippen LogP) is 4.47. The Hall–Kier alpha value is -1.66. The monoisotopic (exact) mass is 394 g/mol. The minimum Gasteiger partial charge on any atom is -0.448 e. The van der Waals surface area contributed by atoms with Crippen molar-refractivity contribution in [1.82, 2.24) is 9.78 Å². The number of aldehydes is 1. The van der Waals surface area contributed by atoms with Gasteiger partial charge in [0.2, 0.25) is 0 Å². The van der Waals surface area contributed by atoms with Crippen LogP contribution in [0.2, 0.25) is 0 Å². The van der Waals surface area contributed by atoms with Crippen molar-refractivity contribution in [2.75, 3.05) is 0 Å². The van der Waals surface area contributed by atoms with Crippen LogP contribution < -0.4 is 0 Å². The molecule has 1 aromatic carbocycles. The number of carbonyl (C=O) groups excluding carboxylic acids is 1. The van der Waals surface area contributed by atoms with Crippen LogP contribution in [-0.2, 0) is 0 Å². The second kappa shape index (κ2) is 5.38. The van der Waals surface area contributed by atoms with E-state index in [0.29, 0.717) is 21.7 Å². The fraction of sp³-hybridized carbons (Fsp3) is 0. The number of rotatable bonds is 3. The Morgan fingerprint density at radius 3 is 2.70 bits per heavy atom. The van der Waals surface area contributed by atoms with Crippen molar-refractivity contribution < 1.29 is 9.21 Å². The van der Waals surface area contributed by atoms with Gasteiger partial charge >= 0.3 is 0 Å². The highest BCUT2D eigenvalue weighted by molar-refractivity contribution is 9.10. The number of hydrogen-bond donors (Lipinski definition) is 0. The molecule has 100 valence electrons. The Bertz CT molecular complexity index is 777. The van der Waals surface area contributed by atoms with Gasteiger partial charge in [0.05, 0.1) is 11.3 Å². The molecular weight excluding hydrogens is 388 g/mol. The Morgan fingerprint density at radius 1 is 1.20 bits per heavy atom. The Labute approximate surface area is 131 Å². The Kier molecular flexibility index (Phi) is 3.58. The van der Waals surface area contributed by atoms with Crippen LogP contribution in [0, 0.1) is 0 Å². The van der Waals surface area contributed by atoms with Crippen molar-refractivity contribution >= 4 is 38.1 Å². The van der Waals surface area contributed by atoms with Crippen LogP contribution in [0.3, 0.4) is 0 Å². The molecule has 3 aromatic rings. The van der Waals surface area contributed by atoms with E-state index in [1.807, 2.05) is 24.3 Å². The first-order valence-corrected chi connectivity index (χ1v) is 7.32. The van der Waals surface area contributed by atoms with Gasteiger partial charge in [0, 0.05) is 10.7 Å². The zero-order chi connectivity index (χ0) is 14.1. The van der Waals surface area contributed by atoms with Crippen LogP contribution in [0.4, 0.5) is 0 Å². The summed E-state index contributed by atoms with van der Waals surface area (Å²) in [5.74, 6) is 0.549. The third-order valence-electron chi connectivity index (χ3n) is 2.75. The molecule has 0 aliphatic heterocycles. The molecule has 3 rings (SSSR count). The first-order valence-electron chi connectivity index (χ1n) is 5.74. The summed E-state index contributed by atoms with van der Waals surface area (Å²) in [6, 6.07) is 11.2. The summed E-state index contributed by atoms with van der Waals surface area (Å²) in [5.41, 5.74) is 1.86. The fourth-order valence-electron chi connectivity index (χ4n) is 1.86. The zero-order valence-electron chi connectivity index (χ0n) is 10.1. The molecule has 0 radical (unpaired) electrons. The van der Waals surface area contributed by atoms with E-state index in [0.717, 1.165) is 16.4 Å². The lowest BCUT2D eigenvalue weighted by molar-refractivity contribution is 0.112. The first-order chi connectivity index (χ1) is 9.67. The normalized spacial score (nSPS) is 10.7. The SMILES string of the molecule is O=Cc1cn(-c2cccc(Br)c2)nc1-c1ccc(Br)o1. The highest BCUT2D eigenvalue weighted by atomic mass is 79.9. The lowest BCUT2D eigenvalue weighted by atomic mass is 10.2. The quantitative estimate of drug-likeness (QED) is 0.614. The van der Waals surface area contributed by atoms with Gasteiger partial charge in [-0.1, -0.05) is 22.0 Å². The maximum absolute atomic E-state index is 11.2. The minimum absolute atomic E-state index is 0.479. The van der Waals surface area contributed by atoms with Gasteiger partial charge in [-0.2, -0.15) is 5.10 Å². The van der Waals surface area contributed by atoms with E-state index in [-0.39, 0.29) is 0 Å². The first kappa shape index (κ1) is 13.3. The molecule has 0 spiro atoms. The van der Waals surface area contributed by atoms with Crippen molar-refractivity contribution in [3.8, 4) is 17.1 Å². The lowest BCUT2D eigenvalue weighted by Gasteiger charge is -2.00. The molecule has 4 nitrogen and oxygen atoms in total.